The number of hydrogen-bond acceptors (Lipinski definition) is 3. The van der Waals surface area contributed by atoms with Crippen LogP contribution < -0.4 is 15.5 Å². The summed E-state index contributed by atoms with van der Waals surface area (Å²) < 4.78 is 1.93. The predicted molar refractivity (Wildman–Crippen MR) is 131 cm³/mol. The van der Waals surface area contributed by atoms with Crippen LogP contribution in [-0.2, 0) is 19.6 Å². The van der Waals surface area contributed by atoms with Gasteiger partial charge >= 0.3 is 0 Å². The summed E-state index contributed by atoms with van der Waals surface area (Å²) in [5, 5.41) is 11.1. The van der Waals surface area contributed by atoms with Crippen molar-refractivity contribution in [2.45, 2.75) is 19.6 Å². The zero-order valence-electron chi connectivity index (χ0n) is 17.2. The van der Waals surface area contributed by atoms with E-state index in [1.165, 1.54) is 22.4 Å². The topological polar surface area (TPSA) is 57.5 Å². The van der Waals surface area contributed by atoms with E-state index < -0.39 is 0 Å². The Balaban J connectivity index is 0.00000300. The molecule has 7 heteroatoms. The van der Waals surface area contributed by atoms with Crippen LogP contribution in [0.4, 0.5) is 5.69 Å². The maximum Gasteiger partial charge on any atom is 0.191 e. The van der Waals surface area contributed by atoms with Crippen LogP contribution in [0.1, 0.15) is 16.7 Å². The number of aliphatic imine (C=N–C) groups is 1. The highest BCUT2D eigenvalue weighted by Crippen LogP contribution is 2.13. The van der Waals surface area contributed by atoms with E-state index >= 15 is 0 Å². The normalized spacial score (nSPS) is 10.9. The highest BCUT2D eigenvalue weighted by molar-refractivity contribution is 14.0. The summed E-state index contributed by atoms with van der Waals surface area (Å²) in [5.74, 6) is 0.782. The van der Waals surface area contributed by atoms with Gasteiger partial charge in [-0.25, -0.2) is 0 Å². The van der Waals surface area contributed by atoms with Crippen LogP contribution >= 0.6 is 24.0 Å². The van der Waals surface area contributed by atoms with Crippen molar-refractivity contribution in [2.75, 3.05) is 26.0 Å². The zero-order valence-corrected chi connectivity index (χ0v) is 19.5. The van der Waals surface area contributed by atoms with Crippen molar-refractivity contribution < 1.29 is 0 Å². The van der Waals surface area contributed by atoms with Gasteiger partial charge in [0.15, 0.2) is 5.96 Å². The highest BCUT2D eigenvalue weighted by atomic mass is 127. The lowest BCUT2D eigenvalue weighted by molar-refractivity contribution is 0.677. The van der Waals surface area contributed by atoms with Gasteiger partial charge in [0.05, 0.1) is 6.54 Å². The number of aromatic nitrogens is 2. The molecule has 1 aromatic heterocycles. The molecule has 0 aliphatic carbocycles. The molecular formula is C22H29IN6. The minimum Gasteiger partial charge on any atom is -0.378 e. The van der Waals surface area contributed by atoms with Gasteiger partial charge in [0.2, 0.25) is 0 Å². The number of nitrogens with one attached hydrogen (secondary N) is 2. The van der Waals surface area contributed by atoms with Gasteiger partial charge in [0.25, 0.3) is 0 Å². The van der Waals surface area contributed by atoms with Crippen LogP contribution in [0.15, 0.2) is 72.0 Å². The van der Waals surface area contributed by atoms with Gasteiger partial charge in [-0.3, -0.25) is 9.67 Å². The van der Waals surface area contributed by atoms with E-state index in [1.807, 2.05) is 31.0 Å². The third kappa shape index (κ3) is 6.77. The van der Waals surface area contributed by atoms with Gasteiger partial charge < -0.3 is 15.5 Å². The summed E-state index contributed by atoms with van der Waals surface area (Å²) in [6.07, 6.45) is 3.78. The standard InChI is InChI=1S/C22H28N6.HI/c1-23-22(24-15-18-8-6-11-21(14-18)27(2)3)25-16-19-9-4-5-10-20(19)17-28-13-7-12-26-28;/h4-14H,15-17H2,1-3H3,(H2,23,24,25);1H. The lowest BCUT2D eigenvalue weighted by Crippen LogP contribution is -2.36. The van der Waals surface area contributed by atoms with Crippen molar-refractivity contribution in [1.82, 2.24) is 20.4 Å². The molecule has 0 atom stereocenters. The van der Waals surface area contributed by atoms with Crippen molar-refractivity contribution in [2.24, 2.45) is 4.99 Å². The second kappa shape index (κ2) is 11.5. The SMILES string of the molecule is CN=C(NCc1cccc(N(C)C)c1)NCc1ccccc1Cn1cccn1.I. The second-order valence-electron chi connectivity index (χ2n) is 6.82. The molecule has 0 unspecified atom stereocenters. The lowest BCUT2D eigenvalue weighted by atomic mass is 10.1. The van der Waals surface area contributed by atoms with Crippen LogP contribution in [0.5, 0.6) is 0 Å². The second-order valence-corrected chi connectivity index (χ2v) is 6.82. The summed E-state index contributed by atoms with van der Waals surface area (Å²) in [4.78, 5) is 6.45. The van der Waals surface area contributed by atoms with Gasteiger partial charge in [-0.05, 0) is 34.9 Å². The van der Waals surface area contributed by atoms with Crippen LogP contribution in [0.25, 0.3) is 0 Å². The van der Waals surface area contributed by atoms with Gasteiger partial charge in [0.1, 0.15) is 0 Å². The molecule has 1 heterocycles. The fourth-order valence-electron chi connectivity index (χ4n) is 2.98. The van der Waals surface area contributed by atoms with Crippen LogP contribution in [0, 0.1) is 0 Å². The number of guanidine groups is 1. The number of rotatable bonds is 7. The van der Waals surface area contributed by atoms with E-state index in [1.54, 1.807) is 13.2 Å². The van der Waals surface area contributed by atoms with E-state index in [4.69, 9.17) is 0 Å². The molecule has 0 bridgehead atoms. The maximum absolute atomic E-state index is 4.35. The summed E-state index contributed by atoms with van der Waals surface area (Å²) in [7, 11) is 5.89. The number of benzene rings is 2. The first-order chi connectivity index (χ1) is 13.7. The number of hydrogen-bond donors (Lipinski definition) is 2. The fourth-order valence-corrected chi connectivity index (χ4v) is 2.98. The molecule has 29 heavy (non-hydrogen) atoms. The molecule has 0 amide bonds. The third-order valence-corrected chi connectivity index (χ3v) is 4.57. The van der Waals surface area contributed by atoms with Crippen molar-refractivity contribution in [1.29, 1.82) is 0 Å². The Morgan fingerprint density at radius 2 is 1.76 bits per heavy atom. The molecule has 3 aromatic rings. The molecule has 2 N–H and O–H groups in total. The zero-order chi connectivity index (χ0) is 19.8. The first-order valence-electron chi connectivity index (χ1n) is 9.40. The number of nitrogens with zero attached hydrogens (tertiary/aromatic N) is 4. The summed E-state index contributed by atoms with van der Waals surface area (Å²) >= 11 is 0. The van der Waals surface area contributed by atoms with E-state index in [0.29, 0.717) is 6.54 Å². The Bertz CT molecular complexity index is 905. The largest absolute Gasteiger partial charge is 0.378 e. The van der Waals surface area contributed by atoms with Crippen LogP contribution in [-0.4, -0.2) is 36.9 Å². The van der Waals surface area contributed by atoms with Crippen LogP contribution in [0.2, 0.25) is 0 Å². The molecule has 0 saturated carbocycles. The molecule has 0 radical (unpaired) electrons. The quantitative estimate of drug-likeness (QED) is 0.294. The number of anilines is 1. The first kappa shape index (κ1) is 22.7. The average Bonchev–Trinajstić information content (AvgIpc) is 3.22. The molecule has 0 aliphatic rings. The third-order valence-electron chi connectivity index (χ3n) is 4.57. The predicted octanol–water partition coefficient (Wildman–Crippen LogP) is 3.48. The average molecular weight is 504 g/mol. The van der Waals surface area contributed by atoms with Gasteiger partial charge in [-0.15, -0.1) is 24.0 Å². The minimum absolute atomic E-state index is 0. The Kier molecular flexibility index (Phi) is 8.98. The molecule has 2 aromatic carbocycles. The smallest absolute Gasteiger partial charge is 0.191 e. The lowest BCUT2D eigenvalue weighted by Gasteiger charge is -2.16. The Labute approximate surface area is 190 Å². The van der Waals surface area contributed by atoms with Crippen molar-refractivity contribution in [3.05, 3.63) is 83.7 Å². The van der Waals surface area contributed by atoms with Crippen molar-refractivity contribution >= 4 is 35.6 Å². The molecule has 154 valence electrons. The monoisotopic (exact) mass is 504 g/mol. The highest BCUT2D eigenvalue weighted by Gasteiger charge is 2.05. The van der Waals surface area contributed by atoms with Gasteiger partial charge in [-0.2, -0.15) is 5.10 Å². The molecule has 0 saturated heterocycles. The fraction of sp³-hybridized carbons (Fsp3) is 0.273. The minimum atomic E-state index is 0. The summed E-state index contributed by atoms with van der Waals surface area (Å²) in [6.45, 7) is 2.18. The number of halogens is 1. The molecule has 0 spiro atoms. The Morgan fingerprint density at radius 3 is 2.45 bits per heavy atom. The molecule has 0 fully saturated rings. The summed E-state index contributed by atoms with van der Waals surface area (Å²) in [6, 6.07) is 18.8. The first-order valence-corrected chi connectivity index (χ1v) is 9.40. The Hall–Kier alpha value is -2.55. The van der Waals surface area contributed by atoms with Gasteiger partial charge in [0, 0.05) is 52.3 Å². The van der Waals surface area contributed by atoms with Crippen molar-refractivity contribution in [3.8, 4) is 0 Å². The van der Waals surface area contributed by atoms with E-state index in [0.717, 1.165) is 19.0 Å². The summed E-state index contributed by atoms with van der Waals surface area (Å²) in [5.41, 5.74) is 4.88. The molecule has 3 rings (SSSR count). The van der Waals surface area contributed by atoms with E-state index in [-0.39, 0.29) is 24.0 Å². The molecule has 6 nitrogen and oxygen atoms in total. The van der Waals surface area contributed by atoms with E-state index in [2.05, 4.69) is 74.2 Å². The van der Waals surface area contributed by atoms with Gasteiger partial charge in [-0.1, -0.05) is 36.4 Å². The van der Waals surface area contributed by atoms with Crippen molar-refractivity contribution in [3.63, 3.8) is 0 Å². The van der Waals surface area contributed by atoms with E-state index in [9.17, 15) is 0 Å². The van der Waals surface area contributed by atoms with Crippen LogP contribution in [0.3, 0.4) is 0 Å². The maximum atomic E-state index is 4.35. The molecule has 0 aliphatic heterocycles. The molecular weight excluding hydrogens is 475 g/mol. The Morgan fingerprint density at radius 1 is 1.00 bits per heavy atom.